The van der Waals surface area contributed by atoms with E-state index in [1.54, 1.807) is 6.07 Å². The third kappa shape index (κ3) is 3.05. The fraction of sp³-hybridized carbons (Fsp3) is 0.233. The van der Waals surface area contributed by atoms with Crippen LogP contribution in [0.5, 0.6) is 5.75 Å². The minimum Gasteiger partial charge on any atom is -0.493 e. The Balaban J connectivity index is 1.64. The molecule has 0 N–H and O–H groups in total. The molecule has 3 heterocycles. The van der Waals surface area contributed by atoms with Crippen molar-refractivity contribution in [2.24, 2.45) is 7.05 Å². The van der Waals surface area contributed by atoms with Crippen molar-refractivity contribution in [2.75, 3.05) is 6.61 Å². The lowest BCUT2D eigenvalue weighted by Crippen LogP contribution is -2.30. The van der Waals surface area contributed by atoms with Gasteiger partial charge in [0.25, 0.3) is 0 Å². The summed E-state index contributed by atoms with van der Waals surface area (Å²) in [5.41, 5.74) is 6.97. The third-order valence-electron chi connectivity index (χ3n) is 7.26. The van der Waals surface area contributed by atoms with Gasteiger partial charge in [-0.2, -0.15) is 0 Å². The zero-order valence-electron chi connectivity index (χ0n) is 19.9. The van der Waals surface area contributed by atoms with E-state index >= 15 is 4.39 Å². The number of pyridine rings is 1. The van der Waals surface area contributed by atoms with Crippen molar-refractivity contribution >= 4 is 21.9 Å². The Morgan fingerprint density at radius 1 is 0.912 bits per heavy atom. The Morgan fingerprint density at radius 3 is 2.47 bits per heavy atom. The molecular formula is C30H27FNO2+. The van der Waals surface area contributed by atoms with Crippen molar-refractivity contribution in [3.05, 3.63) is 83.8 Å². The van der Waals surface area contributed by atoms with Crippen LogP contribution < -0.4 is 9.30 Å². The second kappa shape index (κ2) is 7.42. The lowest BCUT2D eigenvalue weighted by molar-refractivity contribution is -0.660. The van der Waals surface area contributed by atoms with Crippen LogP contribution in [0.15, 0.2) is 71.3 Å². The van der Waals surface area contributed by atoms with Gasteiger partial charge >= 0.3 is 0 Å². The first kappa shape index (κ1) is 20.9. The summed E-state index contributed by atoms with van der Waals surface area (Å²) >= 11 is 0. The SMILES string of the molecule is Cc1ccc2c(oc3c(-c4ccc5c(c4)OCCC5(C)C)c(F)ccc32)c1-c1cccc[n+]1C. The summed E-state index contributed by atoms with van der Waals surface area (Å²) in [7, 11) is 2.02. The van der Waals surface area contributed by atoms with Gasteiger partial charge in [0.2, 0.25) is 5.69 Å². The normalized spacial score (nSPS) is 14.9. The maximum Gasteiger partial charge on any atom is 0.216 e. The van der Waals surface area contributed by atoms with E-state index < -0.39 is 0 Å². The van der Waals surface area contributed by atoms with Crippen LogP contribution in [0.1, 0.15) is 31.4 Å². The zero-order chi connectivity index (χ0) is 23.6. The van der Waals surface area contributed by atoms with Crippen molar-refractivity contribution in [1.29, 1.82) is 0 Å². The molecule has 0 bridgehead atoms. The van der Waals surface area contributed by atoms with E-state index in [4.69, 9.17) is 9.15 Å². The van der Waals surface area contributed by atoms with E-state index in [1.165, 1.54) is 0 Å². The summed E-state index contributed by atoms with van der Waals surface area (Å²) < 4.78 is 30.0. The molecule has 170 valence electrons. The second-order valence-electron chi connectivity index (χ2n) is 9.93. The Kier molecular flexibility index (Phi) is 4.57. The monoisotopic (exact) mass is 452 g/mol. The van der Waals surface area contributed by atoms with Crippen LogP contribution in [-0.2, 0) is 12.5 Å². The highest BCUT2D eigenvalue weighted by Crippen LogP contribution is 2.44. The van der Waals surface area contributed by atoms with Crippen LogP contribution in [-0.4, -0.2) is 6.61 Å². The third-order valence-corrected chi connectivity index (χ3v) is 7.26. The number of fused-ring (bicyclic) bond motifs is 4. The number of aromatic nitrogens is 1. The van der Waals surface area contributed by atoms with E-state index in [1.807, 2.05) is 43.6 Å². The molecule has 0 amide bonds. The molecule has 3 nitrogen and oxygen atoms in total. The first-order valence-corrected chi connectivity index (χ1v) is 11.7. The van der Waals surface area contributed by atoms with Gasteiger partial charge in [-0.25, -0.2) is 8.96 Å². The molecule has 6 rings (SSSR count). The number of halogens is 1. The molecule has 3 aromatic carbocycles. The highest BCUT2D eigenvalue weighted by Gasteiger charge is 2.30. The number of aryl methyl sites for hydroxylation is 2. The number of rotatable bonds is 2. The molecule has 4 heteroatoms. The molecule has 5 aromatic rings. The molecular weight excluding hydrogens is 425 g/mol. The topological polar surface area (TPSA) is 26.2 Å². The summed E-state index contributed by atoms with van der Waals surface area (Å²) in [4.78, 5) is 0. The van der Waals surface area contributed by atoms with Crippen LogP contribution >= 0.6 is 0 Å². The molecule has 0 saturated heterocycles. The molecule has 0 fully saturated rings. The molecule has 0 unspecified atom stereocenters. The van der Waals surface area contributed by atoms with E-state index in [9.17, 15) is 0 Å². The number of benzene rings is 3. The predicted molar refractivity (Wildman–Crippen MR) is 134 cm³/mol. The average molecular weight is 453 g/mol. The highest BCUT2D eigenvalue weighted by molar-refractivity contribution is 6.13. The molecule has 0 aliphatic carbocycles. The van der Waals surface area contributed by atoms with E-state index in [2.05, 4.69) is 49.6 Å². The van der Waals surface area contributed by atoms with Crippen molar-refractivity contribution < 1.29 is 18.1 Å². The molecule has 2 aromatic heterocycles. The molecule has 1 aliphatic heterocycles. The van der Waals surface area contributed by atoms with Gasteiger partial charge in [0.15, 0.2) is 6.20 Å². The highest BCUT2D eigenvalue weighted by atomic mass is 19.1. The van der Waals surface area contributed by atoms with Gasteiger partial charge in [-0.1, -0.05) is 38.1 Å². The van der Waals surface area contributed by atoms with Crippen LogP contribution in [0.3, 0.4) is 0 Å². The van der Waals surface area contributed by atoms with Crippen molar-refractivity contribution in [2.45, 2.75) is 32.6 Å². The fourth-order valence-electron chi connectivity index (χ4n) is 5.26. The maximum absolute atomic E-state index is 15.4. The molecule has 0 spiro atoms. The quantitative estimate of drug-likeness (QED) is 0.264. The maximum atomic E-state index is 15.4. The van der Waals surface area contributed by atoms with Gasteiger partial charge in [-0.15, -0.1) is 0 Å². The average Bonchev–Trinajstić information content (AvgIpc) is 3.17. The minimum atomic E-state index is -0.301. The molecule has 0 radical (unpaired) electrons. The minimum absolute atomic E-state index is 0.0354. The zero-order valence-corrected chi connectivity index (χ0v) is 19.9. The first-order valence-electron chi connectivity index (χ1n) is 11.7. The van der Waals surface area contributed by atoms with E-state index in [0.717, 1.165) is 56.5 Å². The summed E-state index contributed by atoms with van der Waals surface area (Å²) in [6.07, 6.45) is 2.99. The van der Waals surface area contributed by atoms with Crippen molar-refractivity contribution in [3.63, 3.8) is 0 Å². The summed E-state index contributed by atoms with van der Waals surface area (Å²) in [6, 6.07) is 19.7. The lowest BCUT2D eigenvalue weighted by Gasteiger charge is -2.32. The molecule has 0 atom stereocenters. The number of hydrogen-bond acceptors (Lipinski definition) is 2. The van der Waals surface area contributed by atoms with Gasteiger partial charge in [0, 0.05) is 22.9 Å². The Hall–Kier alpha value is -3.66. The molecule has 34 heavy (non-hydrogen) atoms. The van der Waals surface area contributed by atoms with E-state index in [-0.39, 0.29) is 11.2 Å². The van der Waals surface area contributed by atoms with E-state index in [0.29, 0.717) is 17.8 Å². The van der Waals surface area contributed by atoms with Gasteiger partial charge < -0.3 is 9.15 Å². The van der Waals surface area contributed by atoms with Crippen LogP contribution in [0.25, 0.3) is 44.3 Å². The lowest BCUT2D eigenvalue weighted by atomic mass is 9.79. The van der Waals surface area contributed by atoms with Crippen LogP contribution in [0.2, 0.25) is 0 Å². The Bertz CT molecular complexity index is 1600. The molecule has 1 aliphatic rings. The fourth-order valence-corrected chi connectivity index (χ4v) is 5.26. The number of hydrogen-bond donors (Lipinski definition) is 0. The van der Waals surface area contributed by atoms with Gasteiger partial charge in [0.05, 0.1) is 17.7 Å². The number of ether oxygens (including phenoxy) is 1. The first-order chi connectivity index (χ1) is 16.3. The standard InChI is InChI=1S/C30H27FNO2/c1-18-8-10-20-21-11-13-23(31)27(19-9-12-22-25(17-19)33-16-14-30(22,2)3)29(21)34-28(20)26(18)24-7-5-6-15-32(24)4/h5-13,15,17H,14,16H2,1-4H3/q+1. The number of furan rings is 1. The largest absolute Gasteiger partial charge is 0.493 e. The summed E-state index contributed by atoms with van der Waals surface area (Å²) in [5, 5.41) is 1.89. The smallest absolute Gasteiger partial charge is 0.216 e. The predicted octanol–water partition coefficient (Wildman–Crippen LogP) is 7.25. The summed E-state index contributed by atoms with van der Waals surface area (Å²) in [5.74, 6) is 0.527. The van der Waals surface area contributed by atoms with Crippen molar-refractivity contribution in [3.8, 4) is 28.1 Å². The second-order valence-corrected chi connectivity index (χ2v) is 9.93. The van der Waals surface area contributed by atoms with Crippen LogP contribution in [0, 0.1) is 12.7 Å². The Morgan fingerprint density at radius 2 is 1.68 bits per heavy atom. The molecule has 0 saturated carbocycles. The number of nitrogens with zero attached hydrogens (tertiary/aromatic N) is 1. The van der Waals surface area contributed by atoms with Gasteiger partial charge in [0.1, 0.15) is 29.8 Å². The summed E-state index contributed by atoms with van der Waals surface area (Å²) in [6.45, 7) is 7.20. The van der Waals surface area contributed by atoms with Crippen molar-refractivity contribution in [1.82, 2.24) is 0 Å². The Labute approximate surface area is 198 Å². The van der Waals surface area contributed by atoms with Crippen LogP contribution in [0.4, 0.5) is 4.39 Å². The van der Waals surface area contributed by atoms with Gasteiger partial charge in [-0.3, -0.25) is 0 Å². The van der Waals surface area contributed by atoms with Gasteiger partial charge in [-0.05, 0) is 59.7 Å².